The lowest BCUT2D eigenvalue weighted by Crippen LogP contribution is -2.32. The standard InChI is InChI=1S/C15H25NO2/c1-4-12-6-8-13(9-7-12)15(5-2)16-10-14(17)11-18-3/h6-9,14-17H,4-5,10-11H2,1-3H3. The van der Waals surface area contributed by atoms with Crippen LogP contribution in [0.25, 0.3) is 0 Å². The summed E-state index contributed by atoms with van der Waals surface area (Å²) in [4.78, 5) is 0. The summed E-state index contributed by atoms with van der Waals surface area (Å²) in [6.07, 6.45) is 1.63. The van der Waals surface area contributed by atoms with Gasteiger partial charge >= 0.3 is 0 Å². The van der Waals surface area contributed by atoms with Crippen molar-refractivity contribution in [1.82, 2.24) is 5.32 Å². The van der Waals surface area contributed by atoms with E-state index in [1.807, 2.05) is 0 Å². The predicted octanol–water partition coefficient (Wildman–Crippen LogP) is 2.30. The molecule has 0 radical (unpaired) electrons. The van der Waals surface area contributed by atoms with Crippen molar-refractivity contribution in [3.05, 3.63) is 35.4 Å². The lowest BCUT2D eigenvalue weighted by molar-refractivity contribution is 0.0626. The fraction of sp³-hybridized carbons (Fsp3) is 0.600. The predicted molar refractivity (Wildman–Crippen MR) is 74.7 cm³/mol. The van der Waals surface area contributed by atoms with Crippen LogP contribution in [-0.4, -0.2) is 31.5 Å². The Morgan fingerprint density at radius 1 is 1.22 bits per heavy atom. The maximum absolute atomic E-state index is 9.64. The first-order valence-electron chi connectivity index (χ1n) is 6.70. The Balaban J connectivity index is 2.53. The van der Waals surface area contributed by atoms with Crippen LogP contribution in [0.15, 0.2) is 24.3 Å². The van der Waals surface area contributed by atoms with E-state index in [1.165, 1.54) is 11.1 Å². The number of aryl methyl sites for hydroxylation is 1. The third kappa shape index (κ3) is 4.77. The zero-order valence-corrected chi connectivity index (χ0v) is 11.6. The summed E-state index contributed by atoms with van der Waals surface area (Å²) in [7, 11) is 1.60. The molecule has 102 valence electrons. The number of hydrogen-bond donors (Lipinski definition) is 2. The highest BCUT2D eigenvalue weighted by molar-refractivity contribution is 5.25. The molecule has 1 aromatic carbocycles. The Kier molecular flexibility index (Phi) is 6.94. The molecule has 0 aliphatic carbocycles. The van der Waals surface area contributed by atoms with Crippen LogP contribution in [0.3, 0.4) is 0 Å². The van der Waals surface area contributed by atoms with Crippen molar-refractivity contribution in [2.75, 3.05) is 20.3 Å². The van der Waals surface area contributed by atoms with E-state index >= 15 is 0 Å². The van der Waals surface area contributed by atoms with E-state index in [-0.39, 0.29) is 0 Å². The van der Waals surface area contributed by atoms with Crippen molar-refractivity contribution in [3.8, 4) is 0 Å². The first-order valence-corrected chi connectivity index (χ1v) is 6.70. The highest BCUT2D eigenvalue weighted by Gasteiger charge is 2.11. The third-order valence-electron chi connectivity index (χ3n) is 3.16. The smallest absolute Gasteiger partial charge is 0.0897 e. The molecule has 0 bridgehead atoms. The molecular formula is C15H25NO2. The lowest BCUT2D eigenvalue weighted by atomic mass is 10.0. The summed E-state index contributed by atoms with van der Waals surface area (Å²) in [6.45, 7) is 5.24. The van der Waals surface area contributed by atoms with Gasteiger partial charge in [-0.15, -0.1) is 0 Å². The molecule has 0 saturated heterocycles. The van der Waals surface area contributed by atoms with Crippen molar-refractivity contribution in [1.29, 1.82) is 0 Å². The molecule has 3 heteroatoms. The maximum atomic E-state index is 9.64. The minimum Gasteiger partial charge on any atom is -0.389 e. The van der Waals surface area contributed by atoms with Crippen molar-refractivity contribution >= 4 is 0 Å². The van der Waals surface area contributed by atoms with Crippen LogP contribution in [0.2, 0.25) is 0 Å². The summed E-state index contributed by atoms with van der Waals surface area (Å²) < 4.78 is 4.92. The Bertz CT molecular complexity index is 324. The molecule has 0 amide bonds. The number of aliphatic hydroxyl groups is 1. The molecule has 0 heterocycles. The molecule has 1 rings (SSSR count). The fourth-order valence-corrected chi connectivity index (χ4v) is 2.01. The maximum Gasteiger partial charge on any atom is 0.0897 e. The minimum atomic E-state index is -0.445. The van der Waals surface area contributed by atoms with E-state index in [0.29, 0.717) is 19.2 Å². The number of methoxy groups -OCH3 is 1. The van der Waals surface area contributed by atoms with Crippen LogP contribution in [0, 0.1) is 0 Å². The van der Waals surface area contributed by atoms with E-state index < -0.39 is 6.10 Å². The highest BCUT2D eigenvalue weighted by atomic mass is 16.5. The molecular weight excluding hydrogens is 226 g/mol. The van der Waals surface area contributed by atoms with Gasteiger partial charge in [-0.25, -0.2) is 0 Å². The molecule has 0 spiro atoms. The second-order valence-electron chi connectivity index (χ2n) is 4.57. The first kappa shape index (κ1) is 15.2. The van der Waals surface area contributed by atoms with Crippen LogP contribution in [0.5, 0.6) is 0 Å². The molecule has 0 fully saturated rings. The van der Waals surface area contributed by atoms with Crippen molar-refractivity contribution in [2.45, 2.75) is 38.8 Å². The van der Waals surface area contributed by atoms with Crippen LogP contribution in [0.1, 0.15) is 37.4 Å². The lowest BCUT2D eigenvalue weighted by Gasteiger charge is -2.20. The number of benzene rings is 1. The van der Waals surface area contributed by atoms with Crippen molar-refractivity contribution in [3.63, 3.8) is 0 Å². The number of hydrogen-bond acceptors (Lipinski definition) is 3. The number of rotatable bonds is 8. The Morgan fingerprint density at radius 3 is 2.39 bits per heavy atom. The Hall–Kier alpha value is -0.900. The summed E-state index contributed by atoms with van der Waals surface area (Å²) >= 11 is 0. The number of aliphatic hydroxyl groups excluding tert-OH is 1. The molecule has 18 heavy (non-hydrogen) atoms. The largest absolute Gasteiger partial charge is 0.389 e. The van der Waals surface area contributed by atoms with Crippen LogP contribution in [0.4, 0.5) is 0 Å². The fourth-order valence-electron chi connectivity index (χ4n) is 2.01. The van der Waals surface area contributed by atoms with E-state index in [2.05, 4.69) is 43.4 Å². The average Bonchev–Trinajstić information content (AvgIpc) is 2.40. The molecule has 0 aliphatic rings. The first-order chi connectivity index (χ1) is 8.71. The van der Waals surface area contributed by atoms with Crippen LogP contribution < -0.4 is 5.32 Å². The van der Waals surface area contributed by atoms with Crippen LogP contribution >= 0.6 is 0 Å². The van der Waals surface area contributed by atoms with Gasteiger partial charge in [0.15, 0.2) is 0 Å². The van der Waals surface area contributed by atoms with Gasteiger partial charge in [0.05, 0.1) is 12.7 Å². The van der Waals surface area contributed by atoms with Crippen molar-refractivity contribution in [2.24, 2.45) is 0 Å². The second-order valence-corrected chi connectivity index (χ2v) is 4.57. The SMILES string of the molecule is CCc1ccc(C(CC)NCC(O)COC)cc1. The van der Waals surface area contributed by atoms with Gasteiger partial charge in [0, 0.05) is 19.7 Å². The summed E-state index contributed by atoms with van der Waals surface area (Å²) in [5, 5.41) is 13.0. The Morgan fingerprint density at radius 2 is 1.89 bits per heavy atom. The summed E-state index contributed by atoms with van der Waals surface area (Å²) in [6, 6.07) is 8.98. The average molecular weight is 251 g/mol. The minimum absolute atomic E-state index is 0.294. The molecule has 0 aromatic heterocycles. The van der Waals surface area contributed by atoms with E-state index in [9.17, 15) is 5.11 Å². The molecule has 2 N–H and O–H groups in total. The molecule has 3 nitrogen and oxygen atoms in total. The van der Waals surface area contributed by atoms with E-state index in [1.54, 1.807) is 7.11 Å². The monoisotopic (exact) mass is 251 g/mol. The molecule has 0 aliphatic heterocycles. The van der Waals surface area contributed by atoms with Gasteiger partial charge in [-0.2, -0.15) is 0 Å². The Labute approximate surface area is 110 Å². The molecule has 0 saturated carbocycles. The summed E-state index contributed by atoms with van der Waals surface area (Å²) in [5.74, 6) is 0. The van der Waals surface area contributed by atoms with Gasteiger partial charge in [0.1, 0.15) is 0 Å². The van der Waals surface area contributed by atoms with Gasteiger partial charge in [0.2, 0.25) is 0 Å². The van der Waals surface area contributed by atoms with Gasteiger partial charge in [-0.1, -0.05) is 38.1 Å². The number of ether oxygens (including phenoxy) is 1. The van der Waals surface area contributed by atoms with Gasteiger partial charge in [-0.05, 0) is 24.0 Å². The highest BCUT2D eigenvalue weighted by Crippen LogP contribution is 2.17. The van der Waals surface area contributed by atoms with Crippen molar-refractivity contribution < 1.29 is 9.84 Å². The second kappa shape index (κ2) is 8.25. The zero-order chi connectivity index (χ0) is 13.4. The molecule has 2 unspecified atom stereocenters. The molecule has 1 aromatic rings. The summed E-state index contributed by atoms with van der Waals surface area (Å²) in [5.41, 5.74) is 2.63. The van der Waals surface area contributed by atoms with Gasteiger partial charge in [-0.3, -0.25) is 0 Å². The molecule has 2 atom stereocenters. The van der Waals surface area contributed by atoms with E-state index in [4.69, 9.17) is 4.74 Å². The topological polar surface area (TPSA) is 41.5 Å². The normalized spacial score (nSPS) is 14.4. The zero-order valence-electron chi connectivity index (χ0n) is 11.6. The third-order valence-corrected chi connectivity index (χ3v) is 3.16. The number of nitrogens with one attached hydrogen (secondary N) is 1. The quantitative estimate of drug-likeness (QED) is 0.745. The van der Waals surface area contributed by atoms with Crippen LogP contribution in [-0.2, 0) is 11.2 Å². The van der Waals surface area contributed by atoms with E-state index in [0.717, 1.165) is 12.8 Å². The van der Waals surface area contributed by atoms with Gasteiger partial charge < -0.3 is 15.2 Å². The van der Waals surface area contributed by atoms with Gasteiger partial charge in [0.25, 0.3) is 0 Å².